The highest BCUT2D eigenvalue weighted by Crippen LogP contribution is 2.45. The Labute approximate surface area is 194 Å². The van der Waals surface area contributed by atoms with Gasteiger partial charge in [0.2, 0.25) is 0 Å². The Bertz CT molecular complexity index is 1170. The number of carbonyl (C=O) groups is 1. The highest BCUT2D eigenvalue weighted by atomic mass is 16.6. The molecule has 0 heterocycles. The molecule has 0 aliphatic carbocycles. The molecule has 4 nitrogen and oxygen atoms in total. The van der Waals surface area contributed by atoms with Gasteiger partial charge in [-0.1, -0.05) is 109 Å². The number of aliphatic hydroxyl groups is 1. The summed E-state index contributed by atoms with van der Waals surface area (Å²) in [4.78, 5) is 12.7. The molecule has 0 aliphatic rings. The zero-order valence-corrected chi connectivity index (χ0v) is 18.7. The van der Waals surface area contributed by atoms with Crippen LogP contribution < -0.4 is 10.1 Å². The van der Waals surface area contributed by atoms with Gasteiger partial charge in [0, 0.05) is 17.2 Å². The minimum absolute atomic E-state index is 0.0908. The maximum absolute atomic E-state index is 12.7. The summed E-state index contributed by atoms with van der Waals surface area (Å²) in [5.41, 5.74) is 1.90. The predicted molar refractivity (Wildman–Crippen MR) is 131 cm³/mol. The molecule has 0 fully saturated rings. The summed E-state index contributed by atoms with van der Waals surface area (Å²) in [7, 11) is 0. The first-order chi connectivity index (χ1) is 16.0. The summed E-state index contributed by atoms with van der Waals surface area (Å²) in [5.74, 6) is 0.317. The van der Waals surface area contributed by atoms with E-state index < -0.39 is 11.7 Å². The first-order valence-electron chi connectivity index (χ1n) is 11.0. The van der Waals surface area contributed by atoms with Crippen LogP contribution in [-0.4, -0.2) is 17.2 Å². The van der Waals surface area contributed by atoms with Crippen molar-refractivity contribution in [3.63, 3.8) is 0 Å². The minimum atomic E-state index is -1.54. The number of ether oxygens (including phenoxy) is 1. The number of rotatable bonds is 6. The van der Waals surface area contributed by atoms with Crippen molar-refractivity contribution in [2.75, 3.05) is 0 Å². The van der Waals surface area contributed by atoms with Gasteiger partial charge in [0.1, 0.15) is 11.4 Å². The van der Waals surface area contributed by atoms with E-state index in [1.54, 1.807) is 0 Å². The van der Waals surface area contributed by atoms with E-state index >= 15 is 0 Å². The summed E-state index contributed by atoms with van der Waals surface area (Å²) in [6, 6.07) is 34.1. The van der Waals surface area contributed by atoms with Gasteiger partial charge in [-0.15, -0.1) is 0 Å². The molecule has 0 radical (unpaired) electrons. The molecule has 4 aromatic rings. The van der Waals surface area contributed by atoms with Crippen LogP contribution in [0.5, 0.6) is 5.75 Å². The first kappa shape index (κ1) is 22.3. The van der Waals surface area contributed by atoms with Crippen LogP contribution in [0.2, 0.25) is 0 Å². The maximum atomic E-state index is 12.7. The van der Waals surface area contributed by atoms with Crippen LogP contribution in [-0.2, 0) is 5.60 Å². The molecule has 4 aromatic carbocycles. The van der Waals surface area contributed by atoms with Gasteiger partial charge in [0.25, 0.3) is 0 Å². The Balaban J connectivity index is 1.99. The van der Waals surface area contributed by atoms with Crippen LogP contribution in [0.1, 0.15) is 30.5 Å². The van der Waals surface area contributed by atoms with Crippen LogP contribution in [0, 0.1) is 0 Å². The summed E-state index contributed by atoms with van der Waals surface area (Å²) in [5, 5.41) is 15.1. The van der Waals surface area contributed by atoms with Crippen molar-refractivity contribution in [1.82, 2.24) is 5.32 Å². The van der Waals surface area contributed by atoms with Crippen LogP contribution in [0.4, 0.5) is 4.79 Å². The third-order valence-corrected chi connectivity index (χ3v) is 5.47. The van der Waals surface area contributed by atoms with Gasteiger partial charge in [-0.25, -0.2) is 4.79 Å². The van der Waals surface area contributed by atoms with E-state index in [9.17, 15) is 9.90 Å². The van der Waals surface area contributed by atoms with Gasteiger partial charge >= 0.3 is 6.09 Å². The van der Waals surface area contributed by atoms with Crippen molar-refractivity contribution in [3.8, 4) is 16.9 Å². The van der Waals surface area contributed by atoms with E-state index in [2.05, 4.69) is 5.32 Å². The van der Waals surface area contributed by atoms with E-state index in [0.717, 1.165) is 11.1 Å². The summed E-state index contributed by atoms with van der Waals surface area (Å²) in [6.45, 7) is 3.74. The lowest BCUT2D eigenvalue weighted by molar-refractivity contribution is 0.122. The molecule has 0 spiro atoms. The molecule has 0 saturated carbocycles. The van der Waals surface area contributed by atoms with Crippen LogP contribution >= 0.6 is 0 Å². The van der Waals surface area contributed by atoms with Crippen LogP contribution in [0.15, 0.2) is 109 Å². The van der Waals surface area contributed by atoms with E-state index in [-0.39, 0.29) is 6.04 Å². The Hall–Kier alpha value is -3.89. The lowest BCUT2D eigenvalue weighted by Crippen LogP contribution is -2.35. The van der Waals surface area contributed by atoms with Gasteiger partial charge in [-0.05, 0) is 30.5 Å². The molecule has 166 valence electrons. The second-order valence-corrected chi connectivity index (χ2v) is 8.18. The number of hydrogen-bond acceptors (Lipinski definition) is 3. The molecule has 33 heavy (non-hydrogen) atoms. The molecule has 2 N–H and O–H groups in total. The summed E-state index contributed by atoms with van der Waals surface area (Å²) < 4.78 is 5.92. The second kappa shape index (κ2) is 9.72. The van der Waals surface area contributed by atoms with Crippen LogP contribution in [0.25, 0.3) is 11.1 Å². The molecule has 0 aromatic heterocycles. The third-order valence-electron chi connectivity index (χ3n) is 5.47. The van der Waals surface area contributed by atoms with Gasteiger partial charge in [-0.2, -0.15) is 0 Å². The number of nitrogens with one attached hydrogen (secondary N) is 1. The van der Waals surface area contributed by atoms with Crippen molar-refractivity contribution in [2.24, 2.45) is 0 Å². The van der Waals surface area contributed by atoms with Crippen molar-refractivity contribution >= 4 is 6.09 Å². The highest BCUT2D eigenvalue weighted by Gasteiger charge is 2.38. The number of carbonyl (C=O) groups excluding carboxylic acids is 1. The fourth-order valence-electron chi connectivity index (χ4n) is 3.97. The van der Waals surface area contributed by atoms with Gasteiger partial charge in [-0.3, -0.25) is 0 Å². The normalized spacial score (nSPS) is 11.3. The summed E-state index contributed by atoms with van der Waals surface area (Å²) >= 11 is 0. The predicted octanol–water partition coefficient (Wildman–Crippen LogP) is 6.13. The molecule has 0 aliphatic heterocycles. The molecule has 0 atom stereocenters. The lowest BCUT2D eigenvalue weighted by atomic mass is 9.79. The van der Waals surface area contributed by atoms with Gasteiger partial charge in [0.15, 0.2) is 0 Å². The largest absolute Gasteiger partial charge is 0.412 e. The molecule has 0 saturated heterocycles. The van der Waals surface area contributed by atoms with E-state index in [1.165, 1.54) is 0 Å². The summed E-state index contributed by atoms with van der Waals surface area (Å²) in [6.07, 6.45) is -0.571. The number of hydrogen-bond donors (Lipinski definition) is 2. The standard InChI is InChI=1S/C29H27NO3/c1-21(2)30-28(31)33-27-25(22-13-6-3-7-14-22)19-12-20-26(27)29(32,23-15-8-4-9-16-23)24-17-10-5-11-18-24/h3-21,32H,1-2H3,(H,30,31). The number of amides is 1. The van der Waals surface area contributed by atoms with Crippen LogP contribution in [0.3, 0.4) is 0 Å². The Morgan fingerprint density at radius 3 is 1.79 bits per heavy atom. The fourth-order valence-corrected chi connectivity index (χ4v) is 3.97. The van der Waals surface area contributed by atoms with Gasteiger partial charge in [0.05, 0.1) is 0 Å². The van der Waals surface area contributed by atoms with E-state index in [0.29, 0.717) is 22.4 Å². The molecule has 1 amide bonds. The van der Waals surface area contributed by atoms with Crippen molar-refractivity contribution in [3.05, 3.63) is 126 Å². The molecule has 0 bridgehead atoms. The smallest absolute Gasteiger partial charge is 0.409 e. The molecular weight excluding hydrogens is 410 g/mol. The third kappa shape index (κ3) is 4.66. The SMILES string of the molecule is CC(C)NC(=O)Oc1c(-c2ccccc2)cccc1C(O)(c1ccccc1)c1ccccc1. The zero-order chi connectivity index (χ0) is 23.3. The molecule has 4 rings (SSSR count). The second-order valence-electron chi connectivity index (χ2n) is 8.18. The Morgan fingerprint density at radius 2 is 1.27 bits per heavy atom. The average Bonchev–Trinajstić information content (AvgIpc) is 2.85. The monoisotopic (exact) mass is 437 g/mol. The highest BCUT2D eigenvalue weighted by molar-refractivity contribution is 5.80. The first-order valence-corrected chi connectivity index (χ1v) is 11.0. The maximum Gasteiger partial charge on any atom is 0.412 e. The van der Waals surface area contributed by atoms with E-state index in [4.69, 9.17) is 4.74 Å². The van der Waals surface area contributed by atoms with Crippen molar-refractivity contribution in [1.29, 1.82) is 0 Å². The fraction of sp³-hybridized carbons (Fsp3) is 0.138. The zero-order valence-electron chi connectivity index (χ0n) is 18.7. The Kier molecular flexibility index (Phi) is 6.57. The van der Waals surface area contributed by atoms with E-state index in [1.807, 2.05) is 123 Å². The van der Waals surface area contributed by atoms with Crippen molar-refractivity contribution < 1.29 is 14.6 Å². The molecule has 0 unspecified atom stereocenters. The molecule has 4 heteroatoms. The van der Waals surface area contributed by atoms with Gasteiger partial charge < -0.3 is 15.2 Å². The van der Waals surface area contributed by atoms with Crippen molar-refractivity contribution in [2.45, 2.75) is 25.5 Å². The average molecular weight is 438 g/mol. The molecular formula is C29H27NO3. The quantitative estimate of drug-likeness (QED) is 0.357. The topological polar surface area (TPSA) is 58.6 Å². The number of benzene rings is 4. The number of para-hydroxylation sites is 1. The Morgan fingerprint density at radius 1 is 0.758 bits per heavy atom. The lowest BCUT2D eigenvalue weighted by Gasteiger charge is -2.32. The minimum Gasteiger partial charge on any atom is -0.409 e.